The van der Waals surface area contributed by atoms with Gasteiger partial charge in [-0.05, 0) is 12.1 Å². The van der Waals surface area contributed by atoms with Gasteiger partial charge in [-0.1, -0.05) is 0 Å². The van der Waals surface area contributed by atoms with Crippen LogP contribution in [-0.2, 0) is 4.74 Å². The average molecular weight is 208 g/mol. The van der Waals surface area contributed by atoms with Crippen LogP contribution in [0.3, 0.4) is 0 Å². The van der Waals surface area contributed by atoms with Crippen molar-refractivity contribution in [1.82, 2.24) is 0 Å². The van der Waals surface area contributed by atoms with Crippen LogP contribution in [0.1, 0.15) is 0 Å². The number of hydrogen-bond donors (Lipinski definition) is 2. The Kier molecular flexibility index (Phi) is 2.97. The highest BCUT2D eigenvalue weighted by Crippen LogP contribution is 2.30. The SMILES string of the molecule is CNc1ccc(N2CCOCC2)c(O)c1. The topological polar surface area (TPSA) is 44.7 Å². The molecule has 4 nitrogen and oxygen atoms in total. The fourth-order valence-electron chi connectivity index (χ4n) is 1.75. The fourth-order valence-corrected chi connectivity index (χ4v) is 1.75. The molecule has 82 valence electrons. The van der Waals surface area contributed by atoms with Crippen LogP contribution in [-0.4, -0.2) is 38.5 Å². The number of benzene rings is 1. The first-order valence-electron chi connectivity index (χ1n) is 5.15. The summed E-state index contributed by atoms with van der Waals surface area (Å²) in [5, 5.41) is 12.8. The van der Waals surface area contributed by atoms with Crippen molar-refractivity contribution in [2.75, 3.05) is 43.6 Å². The van der Waals surface area contributed by atoms with E-state index in [0.717, 1.165) is 37.7 Å². The number of rotatable bonds is 2. The molecule has 1 saturated heterocycles. The Bertz CT molecular complexity index is 335. The van der Waals surface area contributed by atoms with Gasteiger partial charge in [0, 0.05) is 31.9 Å². The lowest BCUT2D eigenvalue weighted by Crippen LogP contribution is -2.36. The highest BCUT2D eigenvalue weighted by molar-refractivity contribution is 5.64. The first kappa shape index (κ1) is 10.1. The van der Waals surface area contributed by atoms with Crippen molar-refractivity contribution >= 4 is 11.4 Å². The molecule has 0 bridgehead atoms. The highest BCUT2D eigenvalue weighted by atomic mass is 16.5. The zero-order valence-corrected chi connectivity index (χ0v) is 8.86. The third-order valence-electron chi connectivity index (χ3n) is 2.62. The first-order valence-corrected chi connectivity index (χ1v) is 5.15. The summed E-state index contributed by atoms with van der Waals surface area (Å²) in [6.07, 6.45) is 0. The number of morpholine rings is 1. The molecule has 0 atom stereocenters. The van der Waals surface area contributed by atoms with E-state index in [9.17, 15) is 5.11 Å². The molecule has 1 heterocycles. The lowest BCUT2D eigenvalue weighted by molar-refractivity contribution is 0.122. The number of hydrogen-bond acceptors (Lipinski definition) is 4. The van der Waals surface area contributed by atoms with E-state index in [2.05, 4.69) is 10.2 Å². The molecular weight excluding hydrogens is 192 g/mol. The first-order chi connectivity index (χ1) is 7.31. The minimum absolute atomic E-state index is 0.323. The second kappa shape index (κ2) is 4.40. The Morgan fingerprint density at radius 3 is 2.67 bits per heavy atom. The van der Waals surface area contributed by atoms with Gasteiger partial charge >= 0.3 is 0 Å². The smallest absolute Gasteiger partial charge is 0.140 e. The van der Waals surface area contributed by atoms with Crippen molar-refractivity contribution in [2.24, 2.45) is 0 Å². The minimum Gasteiger partial charge on any atom is -0.506 e. The molecule has 1 aliphatic heterocycles. The van der Waals surface area contributed by atoms with Gasteiger partial charge in [-0.3, -0.25) is 0 Å². The Hall–Kier alpha value is -1.42. The molecule has 0 aromatic heterocycles. The molecule has 1 aromatic rings. The van der Waals surface area contributed by atoms with E-state index in [4.69, 9.17) is 4.74 Å². The molecule has 0 aliphatic carbocycles. The lowest BCUT2D eigenvalue weighted by Gasteiger charge is -2.29. The third kappa shape index (κ3) is 2.15. The van der Waals surface area contributed by atoms with E-state index in [-0.39, 0.29) is 0 Å². The summed E-state index contributed by atoms with van der Waals surface area (Å²) in [6.45, 7) is 3.14. The van der Waals surface area contributed by atoms with Gasteiger partial charge in [-0.25, -0.2) is 0 Å². The molecule has 0 spiro atoms. The van der Waals surface area contributed by atoms with Crippen molar-refractivity contribution in [3.8, 4) is 5.75 Å². The highest BCUT2D eigenvalue weighted by Gasteiger charge is 2.14. The summed E-state index contributed by atoms with van der Waals surface area (Å²) in [5.41, 5.74) is 1.81. The van der Waals surface area contributed by atoms with Crippen molar-refractivity contribution in [2.45, 2.75) is 0 Å². The number of phenolic OH excluding ortho intramolecular Hbond substituents is 1. The molecule has 2 N–H and O–H groups in total. The van der Waals surface area contributed by atoms with Crippen molar-refractivity contribution in [3.05, 3.63) is 18.2 Å². The van der Waals surface area contributed by atoms with E-state index in [1.807, 2.05) is 19.2 Å². The van der Waals surface area contributed by atoms with E-state index < -0.39 is 0 Å². The van der Waals surface area contributed by atoms with Gasteiger partial charge in [0.25, 0.3) is 0 Å². The van der Waals surface area contributed by atoms with Crippen LogP contribution in [0.5, 0.6) is 5.75 Å². The minimum atomic E-state index is 0.323. The van der Waals surface area contributed by atoms with Gasteiger partial charge in [0.1, 0.15) is 5.75 Å². The van der Waals surface area contributed by atoms with Crippen LogP contribution in [0.15, 0.2) is 18.2 Å². The molecule has 2 rings (SSSR count). The number of nitrogens with zero attached hydrogens (tertiary/aromatic N) is 1. The summed E-state index contributed by atoms with van der Waals surface area (Å²) in [6, 6.07) is 5.64. The molecule has 0 unspecified atom stereocenters. The van der Waals surface area contributed by atoms with Gasteiger partial charge in [-0.15, -0.1) is 0 Å². The van der Waals surface area contributed by atoms with Crippen molar-refractivity contribution in [3.63, 3.8) is 0 Å². The number of phenols is 1. The summed E-state index contributed by atoms with van der Waals surface area (Å²) in [5.74, 6) is 0.323. The molecule has 0 amide bonds. The van der Waals surface area contributed by atoms with Crippen LogP contribution in [0.4, 0.5) is 11.4 Å². The predicted octanol–water partition coefficient (Wildman–Crippen LogP) is 1.27. The zero-order chi connectivity index (χ0) is 10.7. The molecule has 0 radical (unpaired) electrons. The molecule has 4 heteroatoms. The zero-order valence-electron chi connectivity index (χ0n) is 8.86. The predicted molar refractivity (Wildman–Crippen MR) is 60.7 cm³/mol. The Labute approximate surface area is 89.5 Å². The van der Waals surface area contributed by atoms with Crippen LogP contribution in [0.2, 0.25) is 0 Å². The van der Waals surface area contributed by atoms with Gasteiger partial charge in [0.15, 0.2) is 0 Å². The second-order valence-corrected chi connectivity index (χ2v) is 3.55. The quantitative estimate of drug-likeness (QED) is 0.768. The molecule has 15 heavy (non-hydrogen) atoms. The van der Waals surface area contributed by atoms with Gasteiger partial charge < -0.3 is 20.1 Å². The van der Waals surface area contributed by atoms with Crippen LogP contribution < -0.4 is 10.2 Å². The molecule has 1 aliphatic rings. The number of ether oxygens (including phenoxy) is 1. The van der Waals surface area contributed by atoms with E-state index in [1.165, 1.54) is 0 Å². The Morgan fingerprint density at radius 1 is 1.33 bits per heavy atom. The van der Waals surface area contributed by atoms with Crippen LogP contribution in [0.25, 0.3) is 0 Å². The summed E-state index contributed by atoms with van der Waals surface area (Å²) in [4.78, 5) is 2.14. The van der Waals surface area contributed by atoms with Crippen LogP contribution >= 0.6 is 0 Å². The van der Waals surface area contributed by atoms with Crippen LogP contribution in [0, 0.1) is 0 Å². The summed E-state index contributed by atoms with van der Waals surface area (Å²) >= 11 is 0. The molecule has 1 fully saturated rings. The maximum absolute atomic E-state index is 9.85. The standard InChI is InChI=1S/C11H16N2O2/c1-12-9-2-3-10(11(14)8-9)13-4-6-15-7-5-13/h2-3,8,12,14H,4-7H2,1H3. The largest absolute Gasteiger partial charge is 0.506 e. The normalized spacial score (nSPS) is 16.5. The van der Waals surface area contributed by atoms with Crippen molar-refractivity contribution in [1.29, 1.82) is 0 Å². The maximum atomic E-state index is 9.85. The maximum Gasteiger partial charge on any atom is 0.140 e. The summed E-state index contributed by atoms with van der Waals surface area (Å²) < 4.78 is 5.27. The van der Waals surface area contributed by atoms with E-state index in [1.54, 1.807) is 6.07 Å². The Morgan fingerprint density at radius 2 is 2.07 bits per heavy atom. The number of anilines is 2. The van der Waals surface area contributed by atoms with Gasteiger partial charge in [0.05, 0.1) is 18.9 Å². The number of aromatic hydroxyl groups is 1. The van der Waals surface area contributed by atoms with Gasteiger partial charge in [-0.2, -0.15) is 0 Å². The molecule has 1 aromatic carbocycles. The Balaban J connectivity index is 2.19. The second-order valence-electron chi connectivity index (χ2n) is 3.55. The monoisotopic (exact) mass is 208 g/mol. The lowest BCUT2D eigenvalue weighted by atomic mass is 10.2. The average Bonchev–Trinajstić information content (AvgIpc) is 2.30. The van der Waals surface area contributed by atoms with E-state index in [0.29, 0.717) is 5.75 Å². The van der Waals surface area contributed by atoms with Gasteiger partial charge in [0.2, 0.25) is 0 Å². The van der Waals surface area contributed by atoms with Crippen molar-refractivity contribution < 1.29 is 9.84 Å². The summed E-state index contributed by atoms with van der Waals surface area (Å²) in [7, 11) is 1.84. The number of nitrogens with one attached hydrogen (secondary N) is 1. The third-order valence-corrected chi connectivity index (χ3v) is 2.62. The fraction of sp³-hybridized carbons (Fsp3) is 0.455. The molecular formula is C11H16N2O2. The molecule has 0 saturated carbocycles. The van der Waals surface area contributed by atoms with E-state index >= 15 is 0 Å².